The van der Waals surface area contributed by atoms with Crippen molar-refractivity contribution in [1.82, 2.24) is 4.90 Å². The highest BCUT2D eigenvalue weighted by atomic mass is 15.0. The molecule has 0 aromatic carbocycles. The second-order valence-corrected chi connectivity index (χ2v) is 12.3. The molecule has 0 aromatic rings. The molecular formula is C25H53N. The highest BCUT2D eigenvalue weighted by Crippen LogP contribution is 2.54. The van der Waals surface area contributed by atoms with Crippen LogP contribution in [-0.4, -0.2) is 25.5 Å². The summed E-state index contributed by atoms with van der Waals surface area (Å²) in [5, 5.41) is 0. The molecule has 0 saturated heterocycles. The molecule has 0 bridgehead atoms. The first kappa shape index (κ1) is 26.0. The fraction of sp³-hybridized carbons (Fsp3) is 1.00. The standard InChI is InChI=1S/C25H53N/c1-12-13-14-18-25(9,23(5,6)7)21-24(8,20-22(2,3)4)17-15-16-19-26(10)11/h12-21H2,1-11H3. The van der Waals surface area contributed by atoms with E-state index in [1.54, 1.807) is 0 Å². The predicted octanol–water partition coefficient (Wildman–Crippen LogP) is 8.18. The van der Waals surface area contributed by atoms with E-state index in [2.05, 4.69) is 81.3 Å². The van der Waals surface area contributed by atoms with Gasteiger partial charge in [-0.3, -0.25) is 0 Å². The van der Waals surface area contributed by atoms with Crippen LogP contribution in [0.3, 0.4) is 0 Å². The first-order valence-electron chi connectivity index (χ1n) is 11.3. The van der Waals surface area contributed by atoms with Gasteiger partial charge in [-0.05, 0) is 74.4 Å². The maximum atomic E-state index is 2.59. The van der Waals surface area contributed by atoms with E-state index in [1.165, 1.54) is 64.3 Å². The first-order valence-corrected chi connectivity index (χ1v) is 11.3. The Morgan fingerprint density at radius 2 is 1.19 bits per heavy atom. The largest absolute Gasteiger partial charge is 0.309 e. The minimum atomic E-state index is 0.365. The quantitative estimate of drug-likeness (QED) is 0.314. The lowest BCUT2D eigenvalue weighted by Gasteiger charge is -2.49. The third kappa shape index (κ3) is 10.3. The minimum absolute atomic E-state index is 0.365. The number of hydrogen-bond donors (Lipinski definition) is 0. The van der Waals surface area contributed by atoms with Crippen molar-refractivity contribution in [1.29, 1.82) is 0 Å². The fourth-order valence-corrected chi connectivity index (χ4v) is 4.94. The van der Waals surface area contributed by atoms with E-state index in [-0.39, 0.29) is 0 Å². The number of nitrogens with zero attached hydrogens (tertiary/aromatic N) is 1. The molecule has 1 nitrogen and oxygen atoms in total. The van der Waals surface area contributed by atoms with Crippen LogP contribution in [0.2, 0.25) is 0 Å². The molecule has 0 heterocycles. The summed E-state index contributed by atoms with van der Waals surface area (Å²) in [4.78, 5) is 2.32. The van der Waals surface area contributed by atoms with E-state index in [0.29, 0.717) is 21.7 Å². The summed E-state index contributed by atoms with van der Waals surface area (Å²) in [6.07, 6.45) is 12.2. The van der Waals surface area contributed by atoms with Crippen molar-refractivity contribution in [3.05, 3.63) is 0 Å². The number of hydrogen-bond acceptors (Lipinski definition) is 1. The fourth-order valence-electron chi connectivity index (χ4n) is 4.94. The Kier molecular flexibility index (Phi) is 10.5. The molecule has 0 saturated carbocycles. The lowest BCUT2D eigenvalue weighted by molar-refractivity contribution is 0.00908. The highest BCUT2D eigenvalue weighted by Gasteiger charge is 2.43. The van der Waals surface area contributed by atoms with E-state index in [0.717, 1.165) is 0 Å². The van der Waals surface area contributed by atoms with Gasteiger partial charge in [0.05, 0.1) is 0 Å². The van der Waals surface area contributed by atoms with Crippen LogP contribution in [0, 0.1) is 21.7 Å². The van der Waals surface area contributed by atoms with Gasteiger partial charge in [-0.2, -0.15) is 0 Å². The van der Waals surface area contributed by atoms with E-state index < -0.39 is 0 Å². The molecule has 0 aromatic heterocycles. The Morgan fingerprint density at radius 3 is 1.62 bits per heavy atom. The monoisotopic (exact) mass is 367 g/mol. The second kappa shape index (κ2) is 10.5. The normalized spacial score (nSPS) is 18.0. The number of unbranched alkanes of at least 4 members (excludes halogenated alkanes) is 3. The van der Waals surface area contributed by atoms with E-state index >= 15 is 0 Å². The van der Waals surface area contributed by atoms with Crippen LogP contribution in [-0.2, 0) is 0 Å². The summed E-state index contributed by atoms with van der Waals surface area (Å²) in [7, 11) is 4.39. The average molecular weight is 368 g/mol. The molecular weight excluding hydrogens is 314 g/mol. The van der Waals surface area contributed by atoms with Gasteiger partial charge in [0.25, 0.3) is 0 Å². The third-order valence-electron chi connectivity index (χ3n) is 6.55. The SMILES string of the molecule is CCCCCC(C)(CC(C)(CCCCN(C)C)CC(C)(C)C)C(C)(C)C. The van der Waals surface area contributed by atoms with Gasteiger partial charge < -0.3 is 4.90 Å². The summed E-state index contributed by atoms with van der Waals surface area (Å²) in [5.41, 5.74) is 1.63. The van der Waals surface area contributed by atoms with Gasteiger partial charge in [-0.15, -0.1) is 0 Å². The van der Waals surface area contributed by atoms with Crippen LogP contribution < -0.4 is 0 Å². The van der Waals surface area contributed by atoms with Gasteiger partial charge >= 0.3 is 0 Å². The molecule has 0 aliphatic rings. The van der Waals surface area contributed by atoms with Crippen molar-refractivity contribution in [3.8, 4) is 0 Å². The lowest BCUT2D eigenvalue weighted by Crippen LogP contribution is -2.39. The summed E-state index contributed by atoms with van der Waals surface area (Å²) < 4.78 is 0. The van der Waals surface area contributed by atoms with E-state index in [1.807, 2.05) is 0 Å². The highest BCUT2D eigenvalue weighted by molar-refractivity contribution is 4.93. The lowest BCUT2D eigenvalue weighted by atomic mass is 9.56. The van der Waals surface area contributed by atoms with E-state index in [4.69, 9.17) is 0 Å². The Morgan fingerprint density at radius 1 is 0.654 bits per heavy atom. The van der Waals surface area contributed by atoms with Crippen LogP contribution >= 0.6 is 0 Å². The molecule has 1 heteroatoms. The summed E-state index contributed by atoms with van der Waals surface area (Å²) in [5.74, 6) is 0. The minimum Gasteiger partial charge on any atom is -0.309 e. The topological polar surface area (TPSA) is 3.24 Å². The van der Waals surface area contributed by atoms with Gasteiger partial charge in [0.15, 0.2) is 0 Å². The van der Waals surface area contributed by atoms with Crippen molar-refractivity contribution in [2.75, 3.05) is 20.6 Å². The number of rotatable bonds is 12. The molecule has 0 aliphatic heterocycles. The van der Waals surface area contributed by atoms with Crippen LogP contribution in [0.25, 0.3) is 0 Å². The molecule has 158 valence electrons. The Balaban J connectivity index is 5.29. The van der Waals surface area contributed by atoms with Crippen molar-refractivity contribution >= 4 is 0 Å². The molecule has 0 spiro atoms. The molecule has 26 heavy (non-hydrogen) atoms. The molecule has 0 fully saturated rings. The molecule has 0 rings (SSSR count). The van der Waals surface area contributed by atoms with Crippen molar-refractivity contribution in [3.63, 3.8) is 0 Å². The van der Waals surface area contributed by atoms with Crippen LogP contribution in [0.1, 0.15) is 120 Å². The molecule has 2 atom stereocenters. The van der Waals surface area contributed by atoms with Crippen molar-refractivity contribution in [2.24, 2.45) is 21.7 Å². The molecule has 0 radical (unpaired) electrons. The van der Waals surface area contributed by atoms with Crippen molar-refractivity contribution < 1.29 is 0 Å². The smallest absolute Gasteiger partial charge is 0.00248 e. The molecule has 0 N–H and O–H groups in total. The zero-order valence-electron chi connectivity index (χ0n) is 20.5. The zero-order valence-corrected chi connectivity index (χ0v) is 20.5. The van der Waals surface area contributed by atoms with Gasteiger partial charge in [-0.25, -0.2) is 0 Å². The zero-order chi connectivity index (χ0) is 20.6. The maximum absolute atomic E-state index is 2.59. The van der Waals surface area contributed by atoms with Gasteiger partial charge in [0.2, 0.25) is 0 Å². The third-order valence-corrected chi connectivity index (χ3v) is 6.55. The van der Waals surface area contributed by atoms with Crippen molar-refractivity contribution in [2.45, 2.75) is 120 Å². The summed E-state index contributed by atoms with van der Waals surface area (Å²) in [6.45, 7) is 23.4. The van der Waals surface area contributed by atoms with Gasteiger partial charge in [0.1, 0.15) is 0 Å². The molecule has 0 aliphatic carbocycles. The molecule has 2 unspecified atom stereocenters. The van der Waals surface area contributed by atoms with Gasteiger partial charge in [-0.1, -0.05) is 88.0 Å². The Hall–Kier alpha value is -0.0400. The average Bonchev–Trinajstić information content (AvgIpc) is 2.40. The van der Waals surface area contributed by atoms with Crippen LogP contribution in [0.4, 0.5) is 0 Å². The second-order valence-electron chi connectivity index (χ2n) is 12.3. The maximum Gasteiger partial charge on any atom is -0.00248 e. The predicted molar refractivity (Wildman–Crippen MR) is 121 cm³/mol. The Labute approximate surface area is 167 Å². The van der Waals surface area contributed by atoms with Gasteiger partial charge in [0, 0.05) is 0 Å². The van der Waals surface area contributed by atoms with E-state index in [9.17, 15) is 0 Å². The van der Waals surface area contributed by atoms with Crippen LogP contribution in [0.5, 0.6) is 0 Å². The summed E-state index contributed by atoms with van der Waals surface area (Å²) in [6, 6.07) is 0. The first-order chi connectivity index (χ1) is 11.6. The summed E-state index contributed by atoms with van der Waals surface area (Å²) >= 11 is 0. The Bertz CT molecular complexity index is 371. The van der Waals surface area contributed by atoms with Crippen LogP contribution in [0.15, 0.2) is 0 Å². The molecule has 0 amide bonds.